The smallest absolute Gasteiger partial charge is 0.0915 e. The van der Waals surface area contributed by atoms with E-state index in [0.29, 0.717) is 5.54 Å². The molecule has 2 atom stereocenters. The van der Waals surface area contributed by atoms with Gasteiger partial charge in [0.2, 0.25) is 0 Å². The van der Waals surface area contributed by atoms with Gasteiger partial charge >= 0.3 is 0 Å². The van der Waals surface area contributed by atoms with E-state index in [2.05, 4.69) is 75.5 Å². The molecule has 1 heteroatoms. The maximum absolute atomic E-state index is 4.24. The summed E-state index contributed by atoms with van der Waals surface area (Å²) in [4.78, 5) is 0. The van der Waals surface area contributed by atoms with Crippen LogP contribution in [0, 0.1) is 0 Å². The van der Waals surface area contributed by atoms with Gasteiger partial charge in [-0.1, -0.05) is 93.2 Å². The average molecular weight is 268 g/mol. The lowest BCUT2D eigenvalue weighted by molar-refractivity contribution is 0.837. The number of benzene rings is 1. The van der Waals surface area contributed by atoms with E-state index in [1.807, 2.05) is 0 Å². The number of hydrogen-bond donors (Lipinski definition) is 0. The zero-order valence-corrected chi connectivity index (χ0v) is 13.3. The Morgan fingerprint density at radius 3 is 2.32 bits per heavy atom. The van der Waals surface area contributed by atoms with Crippen LogP contribution in [0.2, 0.25) is 12.6 Å². The Labute approximate surface area is 118 Å². The summed E-state index contributed by atoms with van der Waals surface area (Å²) >= 11 is 0. The molecule has 0 saturated carbocycles. The largest absolute Gasteiger partial charge is 0.0919 e. The van der Waals surface area contributed by atoms with Crippen molar-refractivity contribution in [3.05, 3.63) is 71.5 Å². The SMILES string of the molecule is C=C1C=CC=C1[Si](C)(CC)C(CC)c1ccccc1. The third-order valence-electron chi connectivity index (χ3n) is 4.64. The van der Waals surface area contributed by atoms with Gasteiger partial charge in [0, 0.05) is 0 Å². The van der Waals surface area contributed by atoms with E-state index in [-0.39, 0.29) is 0 Å². The summed E-state index contributed by atoms with van der Waals surface area (Å²) < 4.78 is 0. The summed E-state index contributed by atoms with van der Waals surface area (Å²) in [5.41, 5.74) is 3.42. The molecule has 2 rings (SSSR count). The van der Waals surface area contributed by atoms with Gasteiger partial charge in [0.1, 0.15) is 0 Å². The molecule has 0 spiro atoms. The molecule has 1 aromatic carbocycles. The van der Waals surface area contributed by atoms with E-state index in [9.17, 15) is 0 Å². The summed E-state index contributed by atoms with van der Waals surface area (Å²) in [7, 11) is -1.52. The topological polar surface area (TPSA) is 0 Å². The van der Waals surface area contributed by atoms with Crippen molar-refractivity contribution in [3.8, 4) is 0 Å². The third kappa shape index (κ3) is 2.52. The minimum atomic E-state index is -1.52. The molecule has 2 unspecified atom stereocenters. The fourth-order valence-electron chi connectivity index (χ4n) is 3.38. The zero-order chi connectivity index (χ0) is 13.9. The molecule has 0 heterocycles. The first-order chi connectivity index (χ1) is 9.13. The molecule has 1 aliphatic rings. The van der Waals surface area contributed by atoms with Crippen LogP contribution in [0.4, 0.5) is 0 Å². The lowest BCUT2D eigenvalue weighted by Gasteiger charge is -2.37. The van der Waals surface area contributed by atoms with E-state index < -0.39 is 8.07 Å². The first kappa shape index (κ1) is 14.1. The molecule has 0 fully saturated rings. The molecule has 0 bridgehead atoms. The highest BCUT2D eigenvalue weighted by Gasteiger charge is 2.39. The molecule has 0 nitrogen and oxygen atoms in total. The van der Waals surface area contributed by atoms with E-state index in [1.54, 1.807) is 5.20 Å². The van der Waals surface area contributed by atoms with Crippen molar-refractivity contribution in [1.29, 1.82) is 0 Å². The normalized spacial score (nSPS) is 19.1. The van der Waals surface area contributed by atoms with E-state index in [4.69, 9.17) is 0 Å². The lowest BCUT2D eigenvalue weighted by atomic mass is 10.1. The van der Waals surface area contributed by atoms with Gasteiger partial charge in [-0.25, -0.2) is 0 Å². The Bertz CT molecular complexity index is 510. The molecule has 1 aliphatic carbocycles. The fourth-order valence-corrected chi connectivity index (χ4v) is 7.75. The van der Waals surface area contributed by atoms with E-state index in [1.165, 1.54) is 23.6 Å². The highest BCUT2D eigenvalue weighted by atomic mass is 28.3. The van der Waals surface area contributed by atoms with Gasteiger partial charge in [-0.2, -0.15) is 0 Å². The van der Waals surface area contributed by atoms with Gasteiger partial charge < -0.3 is 0 Å². The zero-order valence-electron chi connectivity index (χ0n) is 12.3. The van der Waals surface area contributed by atoms with Crippen molar-refractivity contribution >= 4 is 8.07 Å². The van der Waals surface area contributed by atoms with Crippen LogP contribution in [0.25, 0.3) is 0 Å². The maximum atomic E-state index is 4.24. The predicted octanol–water partition coefficient (Wildman–Crippen LogP) is 5.41. The third-order valence-corrected chi connectivity index (χ3v) is 10.1. The Balaban J connectivity index is 2.42. The first-order valence-electron chi connectivity index (χ1n) is 7.26. The Morgan fingerprint density at radius 2 is 1.84 bits per heavy atom. The van der Waals surface area contributed by atoms with Crippen molar-refractivity contribution in [3.63, 3.8) is 0 Å². The first-order valence-corrected chi connectivity index (χ1v) is 10.0. The monoisotopic (exact) mass is 268 g/mol. The van der Waals surface area contributed by atoms with E-state index >= 15 is 0 Å². The maximum Gasteiger partial charge on any atom is 0.0915 e. The Kier molecular flexibility index (Phi) is 4.26. The quantitative estimate of drug-likeness (QED) is 0.626. The van der Waals surface area contributed by atoms with E-state index in [0.717, 1.165) is 0 Å². The molecule has 1 aromatic rings. The van der Waals surface area contributed by atoms with Crippen molar-refractivity contribution < 1.29 is 0 Å². The summed E-state index contributed by atoms with van der Waals surface area (Å²) in [6.45, 7) is 11.4. The van der Waals surface area contributed by atoms with Crippen LogP contribution >= 0.6 is 0 Å². The van der Waals surface area contributed by atoms with Crippen LogP contribution in [0.1, 0.15) is 31.4 Å². The van der Waals surface area contributed by atoms with Gasteiger partial charge in [0.25, 0.3) is 0 Å². The number of allylic oxidation sites excluding steroid dienone is 5. The Hall–Kier alpha value is -1.34. The molecule has 19 heavy (non-hydrogen) atoms. The predicted molar refractivity (Wildman–Crippen MR) is 87.9 cm³/mol. The number of rotatable bonds is 5. The lowest BCUT2D eigenvalue weighted by Crippen LogP contribution is -2.40. The Morgan fingerprint density at radius 1 is 1.16 bits per heavy atom. The van der Waals surface area contributed by atoms with Gasteiger partial charge in [0.15, 0.2) is 0 Å². The van der Waals surface area contributed by atoms with Crippen LogP contribution < -0.4 is 0 Å². The summed E-state index contributed by atoms with van der Waals surface area (Å²) in [6, 6.07) is 12.3. The van der Waals surface area contributed by atoms with Crippen LogP contribution in [-0.4, -0.2) is 8.07 Å². The molecule has 100 valence electrons. The van der Waals surface area contributed by atoms with Crippen molar-refractivity contribution in [2.45, 2.75) is 38.4 Å². The highest BCUT2D eigenvalue weighted by molar-refractivity contribution is 6.87. The molecule has 0 amide bonds. The standard InChI is InChI=1S/C18H24Si/c1-5-17(16-12-8-7-9-13-16)19(4,6-2)18-14-10-11-15(18)3/h7-14,17H,3,5-6H2,1-2,4H3. The van der Waals surface area contributed by atoms with Gasteiger partial charge in [0.05, 0.1) is 8.07 Å². The summed E-state index contributed by atoms with van der Waals surface area (Å²) in [6.07, 6.45) is 7.85. The fraction of sp³-hybridized carbons (Fsp3) is 0.333. The second-order valence-electron chi connectivity index (χ2n) is 5.61. The second-order valence-corrected chi connectivity index (χ2v) is 10.4. The number of hydrogen-bond acceptors (Lipinski definition) is 0. The van der Waals surface area contributed by atoms with Crippen molar-refractivity contribution in [2.75, 3.05) is 0 Å². The minimum Gasteiger partial charge on any atom is -0.0919 e. The van der Waals surface area contributed by atoms with Gasteiger partial charge in [-0.05, 0) is 16.7 Å². The molecule has 0 N–H and O–H groups in total. The molecular weight excluding hydrogens is 244 g/mol. The van der Waals surface area contributed by atoms with Gasteiger partial charge in [-0.15, -0.1) is 0 Å². The molecule has 0 aromatic heterocycles. The van der Waals surface area contributed by atoms with Crippen molar-refractivity contribution in [1.82, 2.24) is 0 Å². The van der Waals surface area contributed by atoms with Crippen LogP contribution in [-0.2, 0) is 0 Å². The summed E-state index contributed by atoms with van der Waals surface area (Å²) in [5.74, 6) is 0. The van der Waals surface area contributed by atoms with Crippen LogP contribution in [0.5, 0.6) is 0 Å². The van der Waals surface area contributed by atoms with Crippen LogP contribution in [0.15, 0.2) is 65.9 Å². The second kappa shape index (κ2) is 5.75. The molecule has 0 aliphatic heterocycles. The average Bonchev–Trinajstić information content (AvgIpc) is 2.87. The summed E-state index contributed by atoms with van der Waals surface area (Å²) in [5, 5.41) is 1.55. The van der Waals surface area contributed by atoms with Gasteiger partial charge in [-0.3, -0.25) is 0 Å². The molecular formula is C18H24Si. The van der Waals surface area contributed by atoms with Crippen molar-refractivity contribution in [2.24, 2.45) is 0 Å². The highest BCUT2D eigenvalue weighted by Crippen LogP contribution is 2.41. The molecule has 0 radical (unpaired) electrons. The van der Waals surface area contributed by atoms with Crippen LogP contribution in [0.3, 0.4) is 0 Å². The minimum absolute atomic E-state index is 0.682. The molecule has 0 saturated heterocycles.